The summed E-state index contributed by atoms with van der Waals surface area (Å²) in [7, 11) is 0. The number of hydrogen-bond acceptors (Lipinski definition) is 3. The Morgan fingerprint density at radius 1 is 1.22 bits per heavy atom. The molecule has 2 aromatic rings. The van der Waals surface area contributed by atoms with E-state index in [4.69, 9.17) is 21.7 Å². The number of nitrogens with zero attached hydrogens (tertiary/aromatic N) is 3. The van der Waals surface area contributed by atoms with Crippen molar-refractivity contribution in [2.45, 2.75) is 19.3 Å². The zero-order valence-electron chi connectivity index (χ0n) is 14.6. The second-order valence-corrected chi connectivity index (χ2v) is 6.69. The highest BCUT2D eigenvalue weighted by Gasteiger charge is 2.29. The summed E-state index contributed by atoms with van der Waals surface area (Å²) < 4.78 is 18.6. The van der Waals surface area contributed by atoms with Crippen molar-refractivity contribution in [2.75, 3.05) is 13.1 Å². The summed E-state index contributed by atoms with van der Waals surface area (Å²) in [6.45, 7) is 1.76. The third kappa shape index (κ3) is 5.75. The number of benzene rings is 2. The molecule has 0 aliphatic carbocycles. The minimum atomic E-state index is -0.270. The number of guanidine groups is 1. The first-order valence-electron chi connectivity index (χ1n) is 8.43. The molecule has 1 heterocycles. The van der Waals surface area contributed by atoms with E-state index < -0.39 is 0 Å². The molecule has 0 saturated carbocycles. The molecule has 2 aromatic carbocycles. The second kappa shape index (κ2) is 8.94. The Balaban J connectivity index is 1.37. The number of hydroxylamine groups is 2. The topological polar surface area (TPSA) is 72.2 Å². The number of aliphatic imine (C=N–C) groups is 1. The van der Waals surface area contributed by atoms with Gasteiger partial charge in [0.1, 0.15) is 12.2 Å². The van der Waals surface area contributed by atoms with Crippen molar-refractivity contribution >= 4 is 23.9 Å². The van der Waals surface area contributed by atoms with Gasteiger partial charge < -0.3 is 9.64 Å². The molecule has 3 rings (SSSR count). The van der Waals surface area contributed by atoms with Crippen molar-refractivity contribution in [3.05, 3.63) is 70.5 Å². The first kappa shape index (κ1) is 19.3. The lowest BCUT2D eigenvalue weighted by Crippen LogP contribution is -2.54. The first-order chi connectivity index (χ1) is 13.0. The fourth-order valence-electron chi connectivity index (χ4n) is 2.53. The van der Waals surface area contributed by atoms with Gasteiger partial charge in [-0.2, -0.15) is 0 Å². The lowest BCUT2D eigenvalue weighted by molar-refractivity contribution is -0.0360. The van der Waals surface area contributed by atoms with E-state index in [1.165, 1.54) is 18.5 Å². The van der Waals surface area contributed by atoms with Gasteiger partial charge in [-0.15, -0.1) is 0 Å². The van der Waals surface area contributed by atoms with Crippen molar-refractivity contribution in [3.8, 4) is 0 Å². The Labute approximate surface area is 161 Å². The van der Waals surface area contributed by atoms with Crippen molar-refractivity contribution < 1.29 is 14.3 Å². The lowest BCUT2D eigenvalue weighted by Gasteiger charge is -2.39. The molecule has 8 heteroatoms. The second-order valence-electron chi connectivity index (χ2n) is 6.26. The van der Waals surface area contributed by atoms with Gasteiger partial charge >= 0.3 is 0 Å². The molecular formula is C19H20ClFN4O2. The Kier molecular flexibility index (Phi) is 6.39. The SMILES string of the molecule is N=C(N=CN(O)Cc1ccc(Cl)cc1)N1CC(OCc2ccc(F)cc2)C1. The van der Waals surface area contributed by atoms with Crippen LogP contribution in [0.25, 0.3) is 0 Å². The maximum Gasteiger partial charge on any atom is 0.219 e. The van der Waals surface area contributed by atoms with E-state index in [0.717, 1.165) is 16.2 Å². The molecule has 1 aliphatic heterocycles. The van der Waals surface area contributed by atoms with Gasteiger partial charge in [-0.25, -0.2) is 14.4 Å². The van der Waals surface area contributed by atoms with Crippen LogP contribution in [0, 0.1) is 11.2 Å². The number of halogens is 2. The van der Waals surface area contributed by atoms with E-state index >= 15 is 0 Å². The summed E-state index contributed by atoms with van der Waals surface area (Å²) >= 11 is 5.82. The third-order valence-corrected chi connectivity index (χ3v) is 4.37. The number of nitrogens with one attached hydrogen (secondary N) is 1. The van der Waals surface area contributed by atoms with Gasteiger partial charge in [0.2, 0.25) is 5.96 Å². The number of rotatable bonds is 6. The van der Waals surface area contributed by atoms with Crippen LogP contribution in [0.15, 0.2) is 53.5 Å². The van der Waals surface area contributed by atoms with Gasteiger partial charge in [-0.1, -0.05) is 35.9 Å². The highest BCUT2D eigenvalue weighted by Crippen LogP contribution is 2.15. The van der Waals surface area contributed by atoms with E-state index in [9.17, 15) is 9.60 Å². The van der Waals surface area contributed by atoms with Gasteiger partial charge in [0, 0.05) is 18.1 Å². The minimum absolute atomic E-state index is 0.00454. The van der Waals surface area contributed by atoms with Gasteiger partial charge in [0.05, 0.1) is 19.3 Å². The van der Waals surface area contributed by atoms with Crippen molar-refractivity contribution in [1.82, 2.24) is 9.96 Å². The van der Waals surface area contributed by atoms with E-state index in [2.05, 4.69) is 4.99 Å². The molecule has 0 amide bonds. The van der Waals surface area contributed by atoms with Gasteiger partial charge in [0.15, 0.2) is 0 Å². The van der Waals surface area contributed by atoms with Crippen LogP contribution in [0.1, 0.15) is 11.1 Å². The zero-order valence-corrected chi connectivity index (χ0v) is 15.3. The van der Waals surface area contributed by atoms with E-state index in [1.54, 1.807) is 29.2 Å². The summed E-state index contributed by atoms with van der Waals surface area (Å²) in [5.41, 5.74) is 1.78. The van der Waals surface area contributed by atoms with Crippen LogP contribution in [-0.4, -0.2) is 46.7 Å². The number of hydrogen-bond donors (Lipinski definition) is 2. The van der Waals surface area contributed by atoms with Crippen LogP contribution in [0.4, 0.5) is 4.39 Å². The number of likely N-dealkylation sites (tertiary alicyclic amines) is 1. The van der Waals surface area contributed by atoms with E-state index in [0.29, 0.717) is 24.7 Å². The largest absolute Gasteiger partial charge is 0.370 e. The smallest absolute Gasteiger partial charge is 0.219 e. The van der Waals surface area contributed by atoms with Crippen LogP contribution in [0.2, 0.25) is 5.02 Å². The van der Waals surface area contributed by atoms with Crippen LogP contribution in [0.5, 0.6) is 0 Å². The molecule has 27 heavy (non-hydrogen) atoms. The molecule has 6 nitrogen and oxygen atoms in total. The molecule has 1 aliphatic rings. The third-order valence-electron chi connectivity index (χ3n) is 4.12. The maximum absolute atomic E-state index is 12.9. The normalized spacial score (nSPS) is 14.4. The first-order valence-corrected chi connectivity index (χ1v) is 8.81. The molecule has 1 saturated heterocycles. The molecule has 1 fully saturated rings. The maximum atomic E-state index is 12.9. The number of ether oxygens (including phenoxy) is 1. The van der Waals surface area contributed by atoms with Crippen molar-refractivity contribution in [3.63, 3.8) is 0 Å². The molecule has 0 radical (unpaired) electrons. The summed E-state index contributed by atoms with van der Waals surface area (Å²) in [4.78, 5) is 5.70. The molecular weight excluding hydrogens is 371 g/mol. The summed E-state index contributed by atoms with van der Waals surface area (Å²) in [5, 5.41) is 19.3. The van der Waals surface area contributed by atoms with Crippen LogP contribution in [0.3, 0.4) is 0 Å². The molecule has 142 valence electrons. The van der Waals surface area contributed by atoms with Crippen LogP contribution >= 0.6 is 11.6 Å². The van der Waals surface area contributed by atoms with E-state index in [-0.39, 0.29) is 24.4 Å². The predicted molar refractivity (Wildman–Crippen MR) is 102 cm³/mol. The fraction of sp³-hybridized carbons (Fsp3) is 0.263. The zero-order chi connectivity index (χ0) is 19.2. The minimum Gasteiger partial charge on any atom is -0.370 e. The van der Waals surface area contributed by atoms with E-state index in [1.807, 2.05) is 12.1 Å². The molecule has 0 spiro atoms. The monoisotopic (exact) mass is 390 g/mol. The van der Waals surface area contributed by atoms with Crippen molar-refractivity contribution in [2.24, 2.45) is 4.99 Å². The molecule has 0 aromatic heterocycles. The van der Waals surface area contributed by atoms with Gasteiger partial charge in [-0.3, -0.25) is 10.6 Å². The Morgan fingerprint density at radius 2 is 1.85 bits per heavy atom. The average molecular weight is 391 g/mol. The molecule has 2 N–H and O–H groups in total. The fourth-order valence-corrected chi connectivity index (χ4v) is 2.66. The quantitative estimate of drug-likeness (QED) is 0.449. The average Bonchev–Trinajstić information content (AvgIpc) is 2.62. The standard InChI is InChI=1S/C19H20ClFN4O2/c20-16-5-1-14(2-6-16)9-25(26)13-23-19(22)24-10-18(11-24)27-12-15-3-7-17(21)8-4-15/h1-8,13,18,22,26H,9-12H2. The summed E-state index contributed by atoms with van der Waals surface area (Å²) in [6, 6.07) is 13.3. The lowest BCUT2D eigenvalue weighted by atomic mass is 10.2. The summed E-state index contributed by atoms with van der Waals surface area (Å²) in [5.74, 6) is -0.208. The highest BCUT2D eigenvalue weighted by molar-refractivity contribution is 6.30. The Bertz CT molecular complexity index is 792. The Morgan fingerprint density at radius 3 is 2.52 bits per heavy atom. The summed E-state index contributed by atoms with van der Waals surface area (Å²) in [6.07, 6.45) is 1.22. The van der Waals surface area contributed by atoms with Gasteiger partial charge in [-0.05, 0) is 35.4 Å². The Hall–Kier alpha value is -2.48. The highest BCUT2D eigenvalue weighted by atomic mass is 35.5. The van der Waals surface area contributed by atoms with Gasteiger partial charge in [0.25, 0.3) is 0 Å². The molecule has 0 atom stereocenters. The molecule has 0 unspecified atom stereocenters. The van der Waals surface area contributed by atoms with Crippen molar-refractivity contribution in [1.29, 1.82) is 5.41 Å². The van der Waals surface area contributed by atoms with Crippen LogP contribution < -0.4 is 0 Å². The van der Waals surface area contributed by atoms with Crippen LogP contribution in [-0.2, 0) is 17.9 Å². The molecule has 0 bridgehead atoms. The predicted octanol–water partition coefficient (Wildman–Crippen LogP) is 3.53.